The molecule has 6 aromatic carbocycles. The number of nitrogens with zero attached hydrogens (tertiary/aromatic N) is 2. The Hall–Kier alpha value is -5.65. The van der Waals surface area contributed by atoms with Crippen molar-refractivity contribution in [3.05, 3.63) is 162 Å². The average Bonchev–Trinajstić information content (AvgIpc) is 3.64. The minimum atomic E-state index is -0.227. The van der Waals surface area contributed by atoms with E-state index < -0.39 is 0 Å². The average molecular weight is 569 g/mol. The molecule has 1 aliphatic heterocycles. The van der Waals surface area contributed by atoms with Gasteiger partial charge in [-0.2, -0.15) is 0 Å². The SMILES string of the molecule is c1ccc(C2=NC(c3ccc4c(c3)c3ccccc3n4-c3ccc4c(c3)oc3ccccc34)NC(c3ccccc3)N2)cc1. The molecule has 0 bridgehead atoms. The number of hydrogen-bond donors (Lipinski definition) is 2. The fourth-order valence-corrected chi connectivity index (χ4v) is 6.58. The zero-order valence-electron chi connectivity index (χ0n) is 23.8. The van der Waals surface area contributed by atoms with E-state index in [9.17, 15) is 0 Å². The van der Waals surface area contributed by atoms with Crippen LogP contribution in [0.3, 0.4) is 0 Å². The molecule has 9 rings (SSSR count). The number of benzene rings is 6. The highest BCUT2D eigenvalue weighted by Gasteiger charge is 2.26. The lowest BCUT2D eigenvalue weighted by Gasteiger charge is -2.32. The Balaban J connectivity index is 1.19. The van der Waals surface area contributed by atoms with Gasteiger partial charge in [-0.1, -0.05) is 103 Å². The van der Waals surface area contributed by atoms with Crippen molar-refractivity contribution in [2.45, 2.75) is 12.3 Å². The van der Waals surface area contributed by atoms with Gasteiger partial charge in [-0.25, -0.2) is 4.99 Å². The minimum Gasteiger partial charge on any atom is -0.456 e. The normalized spacial score (nSPS) is 16.9. The van der Waals surface area contributed by atoms with E-state index in [4.69, 9.17) is 9.41 Å². The molecule has 2 aromatic heterocycles. The maximum atomic E-state index is 6.26. The van der Waals surface area contributed by atoms with Crippen molar-refractivity contribution in [1.29, 1.82) is 0 Å². The highest BCUT2D eigenvalue weighted by molar-refractivity contribution is 6.10. The molecule has 0 saturated carbocycles. The van der Waals surface area contributed by atoms with Crippen molar-refractivity contribution < 1.29 is 4.42 Å². The molecule has 0 saturated heterocycles. The molecule has 5 nitrogen and oxygen atoms in total. The summed E-state index contributed by atoms with van der Waals surface area (Å²) in [4.78, 5) is 5.18. The summed E-state index contributed by atoms with van der Waals surface area (Å²) in [6, 6.07) is 50.9. The van der Waals surface area contributed by atoms with E-state index in [1.165, 1.54) is 16.3 Å². The van der Waals surface area contributed by atoms with Gasteiger partial charge in [0, 0.05) is 38.9 Å². The number of aliphatic imine (C=N–C) groups is 1. The van der Waals surface area contributed by atoms with Gasteiger partial charge in [-0.3, -0.25) is 5.32 Å². The third kappa shape index (κ3) is 4.02. The van der Waals surface area contributed by atoms with Gasteiger partial charge in [-0.05, 0) is 47.5 Å². The Morgan fingerprint density at radius 3 is 2.11 bits per heavy atom. The molecular weight excluding hydrogens is 540 g/mol. The van der Waals surface area contributed by atoms with Crippen molar-refractivity contribution >= 4 is 49.6 Å². The lowest BCUT2D eigenvalue weighted by atomic mass is 10.0. The summed E-state index contributed by atoms with van der Waals surface area (Å²) in [5.41, 5.74) is 8.52. The van der Waals surface area contributed by atoms with Gasteiger partial charge in [0.25, 0.3) is 0 Å². The molecular formula is C39H28N4O. The van der Waals surface area contributed by atoms with E-state index in [1.807, 2.05) is 24.3 Å². The number of aromatic nitrogens is 1. The molecule has 5 heteroatoms. The van der Waals surface area contributed by atoms with Crippen LogP contribution in [0.4, 0.5) is 0 Å². The molecule has 0 fully saturated rings. The monoisotopic (exact) mass is 568 g/mol. The van der Waals surface area contributed by atoms with E-state index in [0.29, 0.717) is 0 Å². The zero-order chi connectivity index (χ0) is 29.0. The van der Waals surface area contributed by atoms with Crippen molar-refractivity contribution in [3.8, 4) is 5.69 Å². The summed E-state index contributed by atoms with van der Waals surface area (Å²) in [5, 5.41) is 12.0. The van der Waals surface area contributed by atoms with Crippen LogP contribution in [0.15, 0.2) is 155 Å². The fourth-order valence-electron chi connectivity index (χ4n) is 6.58. The smallest absolute Gasteiger partial charge is 0.137 e. The molecule has 3 heterocycles. The van der Waals surface area contributed by atoms with Crippen LogP contribution in [0, 0.1) is 0 Å². The van der Waals surface area contributed by atoms with Crippen LogP contribution in [0.1, 0.15) is 29.0 Å². The maximum Gasteiger partial charge on any atom is 0.137 e. The van der Waals surface area contributed by atoms with E-state index in [1.54, 1.807) is 0 Å². The Kier molecular flexibility index (Phi) is 5.64. The van der Waals surface area contributed by atoms with Crippen LogP contribution in [-0.4, -0.2) is 10.4 Å². The van der Waals surface area contributed by atoms with Crippen LogP contribution in [0.5, 0.6) is 0 Å². The third-order valence-corrected chi connectivity index (χ3v) is 8.68. The van der Waals surface area contributed by atoms with Crippen LogP contribution in [0.25, 0.3) is 49.4 Å². The largest absolute Gasteiger partial charge is 0.456 e. The summed E-state index contributed by atoms with van der Waals surface area (Å²) in [6.45, 7) is 0. The Bertz CT molecular complexity index is 2350. The van der Waals surface area contributed by atoms with Gasteiger partial charge in [-0.15, -0.1) is 0 Å². The predicted octanol–water partition coefficient (Wildman–Crippen LogP) is 9.02. The van der Waals surface area contributed by atoms with Crippen LogP contribution in [-0.2, 0) is 0 Å². The highest BCUT2D eigenvalue weighted by Crippen LogP contribution is 2.37. The maximum absolute atomic E-state index is 6.26. The molecule has 2 atom stereocenters. The van der Waals surface area contributed by atoms with Gasteiger partial charge in [0.1, 0.15) is 29.3 Å². The summed E-state index contributed by atoms with van der Waals surface area (Å²) < 4.78 is 8.60. The summed E-state index contributed by atoms with van der Waals surface area (Å²) in [6.07, 6.45) is -0.309. The lowest BCUT2D eigenvalue weighted by Crippen LogP contribution is -2.44. The van der Waals surface area contributed by atoms with Gasteiger partial charge < -0.3 is 14.3 Å². The van der Waals surface area contributed by atoms with Gasteiger partial charge in [0.15, 0.2) is 0 Å². The molecule has 0 aliphatic carbocycles. The van der Waals surface area contributed by atoms with Crippen molar-refractivity contribution in [3.63, 3.8) is 0 Å². The second-order valence-electron chi connectivity index (χ2n) is 11.3. The van der Waals surface area contributed by atoms with Crippen LogP contribution < -0.4 is 10.6 Å². The Labute approximate surface area is 254 Å². The Morgan fingerprint density at radius 1 is 0.545 bits per heavy atom. The Morgan fingerprint density at radius 2 is 1.25 bits per heavy atom. The molecule has 2 unspecified atom stereocenters. The first kappa shape index (κ1) is 24.9. The predicted molar refractivity (Wildman–Crippen MR) is 179 cm³/mol. The van der Waals surface area contributed by atoms with Crippen LogP contribution in [0.2, 0.25) is 0 Å². The minimum absolute atomic E-state index is 0.0820. The zero-order valence-corrected chi connectivity index (χ0v) is 23.8. The summed E-state index contributed by atoms with van der Waals surface area (Å²) in [7, 11) is 0. The van der Waals surface area contributed by atoms with Crippen molar-refractivity contribution in [1.82, 2.24) is 15.2 Å². The van der Waals surface area contributed by atoms with E-state index in [0.717, 1.165) is 55.6 Å². The standard InChI is InChI=1S/C39H28N4O/c1-3-11-25(12-4-1)37-40-38(26-13-5-2-6-14-26)42-39(41-37)27-19-22-34-32(23-27)29-15-7-9-17-33(29)43(34)28-20-21-31-30-16-8-10-18-35(30)44-36(31)24-28/h1-24,37,39,41H,(H,40,42). The fraction of sp³-hybridized carbons (Fsp3) is 0.0513. The molecule has 44 heavy (non-hydrogen) atoms. The molecule has 2 N–H and O–H groups in total. The molecule has 1 aliphatic rings. The van der Waals surface area contributed by atoms with Gasteiger partial charge in [0.05, 0.1) is 11.0 Å². The summed E-state index contributed by atoms with van der Waals surface area (Å²) in [5.74, 6) is 0.880. The molecule has 0 amide bonds. The van der Waals surface area contributed by atoms with Crippen molar-refractivity contribution in [2.24, 2.45) is 4.99 Å². The number of hydrogen-bond acceptors (Lipinski definition) is 4. The molecule has 8 aromatic rings. The third-order valence-electron chi connectivity index (χ3n) is 8.68. The van der Waals surface area contributed by atoms with E-state index >= 15 is 0 Å². The number of nitrogens with one attached hydrogen (secondary N) is 2. The first-order chi connectivity index (χ1) is 21.8. The quantitative estimate of drug-likeness (QED) is 0.223. The second kappa shape index (κ2) is 9.97. The number of amidine groups is 1. The van der Waals surface area contributed by atoms with E-state index in [2.05, 4.69) is 137 Å². The summed E-state index contributed by atoms with van der Waals surface area (Å²) >= 11 is 0. The number of furan rings is 1. The lowest BCUT2D eigenvalue weighted by molar-refractivity contribution is 0.409. The second-order valence-corrected chi connectivity index (χ2v) is 11.3. The van der Waals surface area contributed by atoms with E-state index in [-0.39, 0.29) is 12.3 Å². The molecule has 210 valence electrons. The first-order valence-electron chi connectivity index (χ1n) is 15.0. The van der Waals surface area contributed by atoms with Crippen molar-refractivity contribution in [2.75, 3.05) is 0 Å². The molecule has 0 spiro atoms. The number of fused-ring (bicyclic) bond motifs is 6. The number of para-hydroxylation sites is 2. The topological polar surface area (TPSA) is 54.5 Å². The first-order valence-corrected chi connectivity index (χ1v) is 15.0. The van der Waals surface area contributed by atoms with Gasteiger partial charge >= 0.3 is 0 Å². The van der Waals surface area contributed by atoms with Gasteiger partial charge in [0.2, 0.25) is 0 Å². The number of rotatable bonds is 4. The molecule has 0 radical (unpaired) electrons. The van der Waals surface area contributed by atoms with Crippen LogP contribution >= 0.6 is 0 Å². The highest BCUT2D eigenvalue weighted by atomic mass is 16.3.